The smallest absolute Gasteiger partial charge is 0.257 e. The van der Waals surface area contributed by atoms with E-state index in [1.807, 2.05) is 0 Å². The van der Waals surface area contributed by atoms with Gasteiger partial charge in [-0.1, -0.05) is 37.0 Å². The summed E-state index contributed by atoms with van der Waals surface area (Å²) >= 11 is 11.5. The van der Waals surface area contributed by atoms with E-state index in [1.165, 1.54) is 10.4 Å². The summed E-state index contributed by atoms with van der Waals surface area (Å²) in [6.07, 6.45) is 0. The minimum Gasteiger partial charge on any atom is -0.506 e. The Hall–Kier alpha value is -1.87. The van der Waals surface area contributed by atoms with Crippen molar-refractivity contribution in [2.75, 3.05) is 18.4 Å². The van der Waals surface area contributed by atoms with Crippen molar-refractivity contribution in [3.05, 3.63) is 51.8 Å². The summed E-state index contributed by atoms with van der Waals surface area (Å²) in [5.41, 5.74) is -0.366. The molecule has 2 N–H and O–H groups in total. The van der Waals surface area contributed by atoms with E-state index in [-0.39, 0.29) is 45.0 Å². The Morgan fingerprint density at radius 1 is 1.15 bits per heavy atom. The third-order valence-electron chi connectivity index (χ3n) is 3.81. The highest BCUT2D eigenvalue weighted by Crippen LogP contribution is 2.30. The van der Waals surface area contributed by atoms with Gasteiger partial charge in [0, 0.05) is 13.1 Å². The number of hydrogen-bond donors (Lipinski definition) is 2. The number of halogens is 3. The highest BCUT2D eigenvalue weighted by atomic mass is 35.5. The Labute approximate surface area is 166 Å². The van der Waals surface area contributed by atoms with Crippen LogP contribution >= 0.6 is 23.2 Å². The minimum absolute atomic E-state index is 0.0923. The Morgan fingerprint density at radius 3 is 2.37 bits per heavy atom. The zero-order valence-corrected chi connectivity index (χ0v) is 16.8. The van der Waals surface area contributed by atoms with Crippen molar-refractivity contribution < 1.29 is 22.7 Å². The molecule has 2 aromatic rings. The molecule has 0 bridgehead atoms. The van der Waals surface area contributed by atoms with Crippen LogP contribution in [0, 0.1) is 5.82 Å². The first-order valence-electron chi connectivity index (χ1n) is 7.90. The van der Waals surface area contributed by atoms with Crippen molar-refractivity contribution in [1.29, 1.82) is 0 Å². The van der Waals surface area contributed by atoms with Gasteiger partial charge in [-0.15, -0.1) is 0 Å². The molecule has 146 valence electrons. The number of benzene rings is 2. The fraction of sp³-hybridized carbons (Fsp3) is 0.235. The van der Waals surface area contributed by atoms with Crippen molar-refractivity contribution in [2.45, 2.75) is 18.7 Å². The predicted octanol–water partition coefficient (Wildman–Crippen LogP) is 4.12. The maximum absolute atomic E-state index is 13.6. The molecule has 0 aromatic heterocycles. The zero-order chi connectivity index (χ0) is 20.4. The molecule has 2 aromatic carbocycles. The maximum atomic E-state index is 13.6. The van der Waals surface area contributed by atoms with Crippen molar-refractivity contribution in [1.82, 2.24) is 4.31 Å². The van der Waals surface area contributed by atoms with Crippen molar-refractivity contribution in [3.63, 3.8) is 0 Å². The number of aromatic hydroxyl groups is 1. The van der Waals surface area contributed by atoms with Gasteiger partial charge in [0.1, 0.15) is 11.6 Å². The van der Waals surface area contributed by atoms with Gasteiger partial charge >= 0.3 is 0 Å². The van der Waals surface area contributed by atoms with Gasteiger partial charge in [0.25, 0.3) is 5.91 Å². The molecule has 0 unspecified atom stereocenters. The van der Waals surface area contributed by atoms with E-state index in [2.05, 4.69) is 5.32 Å². The first kappa shape index (κ1) is 21.4. The highest BCUT2D eigenvalue weighted by Gasteiger charge is 2.23. The molecule has 0 aliphatic carbocycles. The van der Waals surface area contributed by atoms with Gasteiger partial charge < -0.3 is 10.4 Å². The second-order valence-corrected chi connectivity index (χ2v) is 8.22. The molecule has 0 aliphatic heterocycles. The van der Waals surface area contributed by atoms with E-state index >= 15 is 0 Å². The number of anilines is 1. The largest absolute Gasteiger partial charge is 0.506 e. The summed E-state index contributed by atoms with van der Waals surface area (Å²) in [5.74, 6) is -2.02. The lowest BCUT2D eigenvalue weighted by atomic mass is 10.2. The fourth-order valence-corrected chi connectivity index (χ4v) is 4.33. The van der Waals surface area contributed by atoms with E-state index in [0.717, 1.165) is 24.3 Å². The Kier molecular flexibility index (Phi) is 6.69. The monoisotopic (exact) mass is 434 g/mol. The second kappa shape index (κ2) is 8.43. The molecular formula is C17H17Cl2FN2O4S. The normalized spacial score (nSPS) is 11.6. The summed E-state index contributed by atoms with van der Waals surface area (Å²) in [5, 5.41) is 12.0. The van der Waals surface area contributed by atoms with Gasteiger partial charge in [-0.05, 0) is 30.3 Å². The number of phenols is 1. The van der Waals surface area contributed by atoms with Crippen LogP contribution in [-0.4, -0.2) is 36.8 Å². The Balaban J connectivity index is 2.40. The average molecular weight is 435 g/mol. The molecule has 6 nitrogen and oxygen atoms in total. The number of amides is 1. The third kappa shape index (κ3) is 4.52. The summed E-state index contributed by atoms with van der Waals surface area (Å²) < 4.78 is 40.0. The number of hydrogen-bond acceptors (Lipinski definition) is 4. The van der Waals surface area contributed by atoms with Crippen LogP contribution in [0.2, 0.25) is 10.0 Å². The third-order valence-corrected chi connectivity index (χ3v) is 6.46. The standard InChI is InChI=1S/C17H17Cl2FN2O4S/c1-3-22(4-2)27(25,26)10-5-6-16(23)15(7-10)21-17(24)11-8-14(20)13(19)9-12(11)18/h5-9,23H,3-4H2,1-2H3,(H,21,24). The molecule has 0 saturated heterocycles. The second-order valence-electron chi connectivity index (χ2n) is 5.47. The minimum atomic E-state index is -3.79. The number of rotatable bonds is 6. The molecule has 0 fully saturated rings. The highest BCUT2D eigenvalue weighted by molar-refractivity contribution is 7.89. The average Bonchev–Trinajstić information content (AvgIpc) is 2.60. The number of nitrogens with zero attached hydrogens (tertiary/aromatic N) is 1. The van der Waals surface area contributed by atoms with Crippen LogP contribution in [0.25, 0.3) is 0 Å². The molecular weight excluding hydrogens is 418 g/mol. The van der Waals surface area contributed by atoms with Crippen LogP contribution in [0.4, 0.5) is 10.1 Å². The van der Waals surface area contributed by atoms with Gasteiger partial charge in [0.05, 0.1) is 26.2 Å². The molecule has 0 aliphatic rings. The predicted molar refractivity (Wildman–Crippen MR) is 103 cm³/mol. The first-order chi connectivity index (χ1) is 12.6. The zero-order valence-electron chi connectivity index (χ0n) is 14.5. The molecule has 1 amide bonds. The number of carbonyl (C=O) groups excluding carboxylic acids is 1. The molecule has 27 heavy (non-hydrogen) atoms. The van der Waals surface area contributed by atoms with E-state index in [9.17, 15) is 22.7 Å². The SMILES string of the molecule is CCN(CC)S(=O)(=O)c1ccc(O)c(NC(=O)c2cc(F)c(Cl)cc2Cl)c1. The summed E-state index contributed by atoms with van der Waals surface area (Å²) in [4.78, 5) is 12.3. The van der Waals surface area contributed by atoms with Crippen LogP contribution in [0.1, 0.15) is 24.2 Å². The van der Waals surface area contributed by atoms with E-state index in [1.54, 1.807) is 13.8 Å². The summed E-state index contributed by atoms with van der Waals surface area (Å²) in [6, 6.07) is 5.44. The lowest BCUT2D eigenvalue weighted by Gasteiger charge is -2.19. The van der Waals surface area contributed by atoms with Crippen LogP contribution in [-0.2, 0) is 10.0 Å². The lowest BCUT2D eigenvalue weighted by molar-refractivity contribution is 0.102. The maximum Gasteiger partial charge on any atom is 0.257 e. The quantitative estimate of drug-likeness (QED) is 0.528. The molecule has 10 heteroatoms. The number of carbonyl (C=O) groups is 1. The van der Waals surface area contributed by atoms with E-state index < -0.39 is 21.7 Å². The number of sulfonamides is 1. The molecule has 0 saturated carbocycles. The Bertz CT molecular complexity index is 979. The number of nitrogens with one attached hydrogen (secondary N) is 1. The van der Waals surface area contributed by atoms with E-state index in [0.29, 0.717) is 0 Å². The van der Waals surface area contributed by atoms with Gasteiger partial charge in [-0.25, -0.2) is 12.8 Å². The van der Waals surface area contributed by atoms with Crippen molar-refractivity contribution in [2.24, 2.45) is 0 Å². The van der Waals surface area contributed by atoms with E-state index in [4.69, 9.17) is 23.2 Å². The summed E-state index contributed by atoms with van der Waals surface area (Å²) in [7, 11) is -3.79. The van der Waals surface area contributed by atoms with Crippen LogP contribution in [0.5, 0.6) is 5.75 Å². The molecule has 2 rings (SSSR count). The Morgan fingerprint density at radius 2 is 1.78 bits per heavy atom. The number of phenolic OH excluding ortho intramolecular Hbond substituents is 1. The van der Waals surface area contributed by atoms with Crippen molar-refractivity contribution >= 4 is 44.8 Å². The van der Waals surface area contributed by atoms with Gasteiger partial charge in [-0.2, -0.15) is 4.31 Å². The fourth-order valence-electron chi connectivity index (χ4n) is 2.37. The molecule has 0 spiro atoms. The van der Waals surface area contributed by atoms with Gasteiger partial charge in [0.15, 0.2) is 0 Å². The first-order valence-corrected chi connectivity index (χ1v) is 10.1. The van der Waals surface area contributed by atoms with Crippen molar-refractivity contribution in [3.8, 4) is 5.75 Å². The molecule has 0 radical (unpaired) electrons. The van der Waals surface area contributed by atoms with Crippen LogP contribution in [0.3, 0.4) is 0 Å². The van der Waals surface area contributed by atoms with Crippen LogP contribution in [0.15, 0.2) is 35.2 Å². The lowest BCUT2D eigenvalue weighted by Crippen LogP contribution is -2.30. The van der Waals surface area contributed by atoms with Gasteiger partial charge in [-0.3, -0.25) is 4.79 Å². The molecule has 0 atom stereocenters. The van der Waals surface area contributed by atoms with Gasteiger partial charge in [0.2, 0.25) is 10.0 Å². The molecule has 0 heterocycles. The topological polar surface area (TPSA) is 86.7 Å². The summed E-state index contributed by atoms with van der Waals surface area (Å²) in [6.45, 7) is 3.92. The van der Waals surface area contributed by atoms with Crippen LogP contribution < -0.4 is 5.32 Å².